The summed E-state index contributed by atoms with van der Waals surface area (Å²) in [5.74, 6) is 0. The van der Waals surface area contributed by atoms with Gasteiger partial charge in [-0.3, -0.25) is 0 Å². The average Bonchev–Trinajstić information content (AvgIpc) is 2.15. The Morgan fingerprint density at radius 1 is 1.38 bits per heavy atom. The van der Waals surface area contributed by atoms with Crippen molar-refractivity contribution in [1.82, 2.24) is 4.98 Å². The topological polar surface area (TPSA) is 12.9 Å². The molecule has 0 bridgehead atoms. The van der Waals surface area contributed by atoms with Crippen LogP contribution >= 0.6 is 38.5 Å². The van der Waals surface area contributed by atoms with Crippen molar-refractivity contribution in [2.24, 2.45) is 0 Å². The van der Waals surface area contributed by atoms with E-state index in [0.29, 0.717) is 6.07 Å². The first-order valence-electron chi connectivity index (χ1n) is 3.88. The first-order valence-corrected chi connectivity index (χ1v) is 6.08. The number of aromatic nitrogens is 1. The lowest BCUT2D eigenvalue weighted by molar-refractivity contribution is -0.138. The average molecular weight is 416 g/mol. The second-order valence-corrected chi connectivity index (χ2v) is 4.39. The molecule has 0 amide bonds. The third-order valence-corrected chi connectivity index (χ3v) is 3.17. The molecule has 16 heavy (non-hydrogen) atoms. The molecule has 0 aliphatic rings. The molecule has 0 N–H and O–H groups in total. The van der Waals surface area contributed by atoms with Gasteiger partial charge in [-0.1, -0.05) is 15.9 Å². The van der Waals surface area contributed by atoms with Crippen molar-refractivity contribution in [3.8, 4) is 0 Å². The molecule has 0 radical (unpaired) electrons. The van der Waals surface area contributed by atoms with Gasteiger partial charge in [-0.25, -0.2) is 13.8 Å². The fourth-order valence-electron chi connectivity index (χ4n) is 1.04. The van der Waals surface area contributed by atoms with E-state index < -0.39 is 27.6 Å². The Kier molecular flexibility index (Phi) is 4.49. The van der Waals surface area contributed by atoms with Crippen molar-refractivity contribution in [3.05, 3.63) is 26.6 Å². The summed E-state index contributed by atoms with van der Waals surface area (Å²) in [6, 6.07) is 0.699. The SMILES string of the molecule is FC(F)c1nc(I)c(C(F)(F)F)cc1CBr. The van der Waals surface area contributed by atoms with E-state index in [4.69, 9.17) is 0 Å². The maximum Gasteiger partial charge on any atom is 0.418 e. The van der Waals surface area contributed by atoms with E-state index in [-0.39, 0.29) is 10.9 Å². The van der Waals surface area contributed by atoms with Gasteiger partial charge in [0.25, 0.3) is 6.43 Å². The quantitative estimate of drug-likeness (QED) is 0.299. The van der Waals surface area contributed by atoms with Crippen molar-refractivity contribution in [2.75, 3.05) is 0 Å². The predicted octanol–water partition coefficient (Wildman–Crippen LogP) is 4.54. The first kappa shape index (κ1) is 14.1. The van der Waals surface area contributed by atoms with Gasteiger partial charge in [0.2, 0.25) is 0 Å². The lowest BCUT2D eigenvalue weighted by Gasteiger charge is -2.12. The van der Waals surface area contributed by atoms with Crippen molar-refractivity contribution in [2.45, 2.75) is 17.9 Å². The Balaban J connectivity index is 3.37. The van der Waals surface area contributed by atoms with Crippen LogP contribution < -0.4 is 0 Å². The zero-order chi connectivity index (χ0) is 12.5. The molecule has 0 aliphatic carbocycles. The minimum absolute atomic E-state index is 0.0975. The van der Waals surface area contributed by atoms with Crippen LogP contribution in [-0.4, -0.2) is 4.98 Å². The normalized spacial score (nSPS) is 12.2. The van der Waals surface area contributed by atoms with E-state index in [1.807, 2.05) is 0 Å². The minimum Gasteiger partial charge on any atom is -0.240 e. The monoisotopic (exact) mass is 415 g/mol. The summed E-state index contributed by atoms with van der Waals surface area (Å²) in [5.41, 5.74) is -1.76. The van der Waals surface area contributed by atoms with Crippen molar-refractivity contribution in [1.29, 1.82) is 0 Å². The number of hydrogen-bond acceptors (Lipinski definition) is 1. The molecule has 8 heteroatoms. The van der Waals surface area contributed by atoms with Gasteiger partial charge >= 0.3 is 6.18 Å². The Hall–Kier alpha value is 0.01000. The third-order valence-electron chi connectivity index (χ3n) is 1.74. The zero-order valence-corrected chi connectivity index (χ0v) is 11.2. The van der Waals surface area contributed by atoms with Crippen LogP contribution in [0.4, 0.5) is 22.0 Å². The van der Waals surface area contributed by atoms with Crippen LogP contribution in [0.1, 0.15) is 23.2 Å². The summed E-state index contributed by atoms with van der Waals surface area (Å²) in [5, 5.41) is -0.0975. The molecule has 90 valence electrons. The summed E-state index contributed by atoms with van der Waals surface area (Å²) in [6.45, 7) is 0. The van der Waals surface area contributed by atoms with E-state index in [2.05, 4.69) is 20.9 Å². The summed E-state index contributed by atoms with van der Waals surface area (Å²) >= 11 is 4.16. The van der Waals surface area contributed by atoms with Gasteiger partial charge in [0.15, 0.2) is 0 Å². The smallest absolute Gasteiger partial charge is 0.240 e. The van der Waals surface area contributed by atoms with Crippen LogP contribution in [-0.2, 0) is 11.5 Å². The molecule has 1 heterocycles. The van der Waals surface area contributed by atoms with E-state index >= 15 is 0 Å². The number of hydrogen-bond donors (Lipinski definition) is 0. The summed E-state index contributed by atoms with van der Waals surface area (Å²) in [4.78, 5) is 3.30. The molecule has 0 spiro atoms. The van der Waals surface area contributed by atoms with Crippen molar-refractivity contribution < 1.29 is 22.0 Å². The van der Waals surface area contributed by atoms with Crippen LogP contribution in [0.15, 0.2) is 6.07 Å². The first-order chi connectivity index (χ1) is 7.27. The van der Waals surface area contributed by atoms with Crippen LogP contribution in [0.25, 0.3) is 0 Å². The van der Waals surface area contributed by atoms with Gasteiger partial charge in [-0.05, 0) is 34.2 Å². The second-order valence-electron chi connectivity index (χ2n) is 2.80. The number of nitrogens with zero attached hydrogens (tertiary/aromatic N) is 1. The van der Waals surface area contributed by atoms with Gasteiger partial charge in [0.05, 0.1) is 5.56 Å². The Morgan fingerprint density at radius 2 is 1.94 bits per heavy atom. The maximum atomic E-state index is 12.5. The van der Waals surface area contributed by atoms with Crippen LogP contribution in [0.2, 0.25) is 0 Å². The Labute approximate surface area is 110 Å². The largest absolute Gasteiger partial charge is 0.418 e. The van der Waals surface area contributed by atoms with Crippen LogP contribution in [0, 0.1) is 3.70 Å². The lowest BCUT2D eigenvalue weighted by atomic mass is 10.1. The molecular weight excluding hydrogens is 412 g/mol. The molecule has 0 unspecified atom stereocenters. The summed E-state index contributed by atoms with van der Waals surface area (Å²) in [7, 11) is 0. The lowest BCUT2D eigenvalue weighted by Crippen LogP contribution is -2.12. The van der Waals surface area contributed by atoms with E-state index in [9.17, 15) is 22.0 Å². The second kappa shape index (κ2) is 5.11. The zero-order valence-electron chi connectivity index (χ0n) is 7.45. The van der Waals surface area contributed by atoms with E-state index in [1.54, 1.807) is 0 Å². The van der Waals surface area contributed by atoms with Crippen molar-refractivity contribution >= 4 is 38.5 Å². The van der Waals surface area contributed by atoms with Gasteiger partial charge in [0, 0.05) is 5.33 Å². The Bertz CT molecular complexity index is 393. The fourth-order valence-corrected chi connectivity index (χ4v) is 2.21. The summed E-state index contributed by atoms with van der Waals surface area (Å²) < 4.78 is 61.8. The molecule has 0 aromatic carbocycles. The molecule has 1 rings (SSSR count). The number of halogens is 7. The molecule has 0 fully saturated rings. The van der Waals surface area contributed by atoms with Crippen molar-refractivity contribution in [3.63, 3.8) is 0 Å². The van der Waals surface area contributed by atoms with Crippen LogP contribution in [0.5, 0.6) is 0 Å². The van der Waals surface area contributed by atoms with E-state index in [0.717, 1.165) is 0 Å². The standard InChI is InChI=1S/C8H4BrF5IN/c9-2-3-1-4(8(12,13)14)7(15)16-5(3)6(10)11/h1,6H,2H2. The highest BCUT2D eigenvalue weighted by molar-refractivity contribution is 14.1. The highest BCUT2D eigenvalue weighted by Gasteiger charge is 2.35. The molecule has 1 aromatic rings. The number of alkyl halides is 6. The number of rotatable bonds is 2. The van der Waals surface area contributed by atoms with Gasteiger partial charge in [-0.15, -0.1) is 0 Å². The van der Waals surface area contributed by atoms with Gasteiger partial charge in [0.1, 0.15) is 9.39 Å². The third kappa shape index (κ3) is 3.02. The maximum absolute atomic E-state index is 12.5. The van der Waals surface area contributed by atoms with Gasteiger partial charge < -0.3 is 0 Å². The molecular formula is C8H4BrF5IN. The molecule has 0 atom stereocenters. The van der Waals surface area contributed by atoms with E-state index in [1.165, 1.54) is 22.6 Å². The molecule has 1 aromatic heterocycles. The summed E-state index contributed by atoms with van der Waals surface area (Å²) in [6.07, 6.45) is -7.47. The van der Waals surface area contributed by atoms with Crippen LogP contribution in [0.3, 0.4) is 0 Å². The molecule has 0 saturated carbocycles. The predicted molar refractivity (Wildman–Crippen MR) is 59.5 cm³/mol. The fraction of sp³-hybridized carbons (Fsp3) is 0.375. The highest BCUT2D eigenvalue weighted by Crippen LogP contribution is 2.35. The molecule has 1 nitrogen and oxygen atoms in total. The molecule has 0 aliphatic heterocycles. The van der Waals surface area contributed by atoms with Gasteiger partial charge in [-0.2, -0.15) is 13.2 Å². The number of pyridine rings is 1. The minimum atomic E-state index is -4.58. The highest BCUT2D eigenvalue weighted by atomic mass is 127. The Morgan fingerprint density at radius 3 is 2.31 bits per heavy atom. The molecule has 0 saturated heterocycles.